The van der Waals surface area contributed by atoms with Crippen molar-refractivity contribution in [3.05, 3.63) is 34.1 Å². The monoisotopic (exact) mass is 288 g/mol. The summed E-state index contributed by atoms with van der Waals surface area (Å²) >= 11 is 3.13. The number of hydrogen-bond donors (Lipinski definition) is 2. The van der Waals surface area contributed by atoms with E-state index in [9.17, 15) is 9.18 Å². The summed E-state index contributed by atoms with van der Waals surface area (Å²) in [6, 6.07) is 4.30. The molecule has 1 aromatic rings. The molecule has 0 aliphatic heterocycles. The standard InChI is InChI=1S/C11H14BrFN2O/c1-11(2,6-14)15-10(16)8-4-3-7(12)5-9(8)13/h3-5H,6,14H2,1-2H3,(H,15,16). The van der Waals surface area contributed by atoms with Gasteiger partial charge in [0.1, 0.15) is 5.82 Å². The molecule has 88 valence electrons. The van der Waals surface area contributed by atoms with Gasteiger partial charge in [-0.1, -0.05) is 15.9 Å². The van der Waals surface area contributed by atoms with Crippen molar-refractivity contribution in [2.24, 2.45) is 5.73 Å². The van der Waals surface area contributed by atoms with Crippen LogP contribution < -0.4 is 11.1 Å². The molecule has 0 heterocycles. The predicted molar refractivity (Wildman–Crippen MR) is 64.7 cm³/mol. The van der Waals surface area contributed by atoms with Crippen LogP contribution in [-0.2, 0) is 0 Å². The van der Waals surface area contributed by atoms with Crippen LogP contribution in [0.4, 0.5) is 4.39 Å². The summed E-state index contributed by atoms with van der Waals surface area (Å²) < 4.78 is 14.1. The largest absolute Gasteiger partial charge is 0.346 e. The third-order valence-electron chi connectivity index (χ3n) is 2.14. The fraction of sp³-hybridized carbons (Fsp3) is 0.364. The van der Waals surface area contributed by atoms with E-state index in [1.165, 1.54) is 12.1 Å². The lowest BCUT2D eigenvalue weighted by Gasteiger charge is -2.24. The van der Waals surface area contributed by atoms with E-state index in [2.05, 4.69) is 21.2 Å². The lowest BCUT2D eigenvalue weighted by molar-refractivity contribution is 0.0911. The minimum Gasteiger partial charge on any atom is -0.346 e. The molecular weight excluding hydrogens is 275 g/mol. The summed E-state index contributed by atoms with van der Waals surface area (Å²) in [4.78, 5) is 11.7. The maximum atomic E-state index is 13.5. The maximum Gasteiger partial charge on any atom is 0.254 e. The quantitative estimate of drug-likeness (QED) is 0.895. The Labute approximate surface area is 102 Å². The highest BCUT2D eigenvalue weighted by Gasteiger charge is 2.21. The summed E-state index contributed by atoms with van der Waals surface area (Å²) in [5, 5.41) is 2.66. The van der Waals surface area contributed by atoms with Gasteiger partial charge in [0.2, 0.25) is 0 Å². The zero-order valence-electron chi connectivity index (χ0n) is 9.18. The average Bonchev–Trinajstić information content (AvgIpc) is 2.16. The fourth-order valence-corrected chi connectivity index (χ4v) is 1.43. The minimum absolute atomic E-state index is 0.0183. The van der Waals surface area contributed by atoms with Gasteiger partial charge in [-0.25, -0.2) is 4.39 Å². The molecule has 0 spiro atoms. The summed E-state index contributed by atoms with van der Waals surface area (Å²) in [6.45, 7) is 3.85. The summed E-state index contributed by atoms with van der Waals surface area (Å²) in [5.74, 6) is -1.01. The molecule has 1 rings (SSSR count). The van der Waals surface area contributed by atoms with E-state index < -0.39 is 17.3 Å². The van der Waals surface area contributed by atoms with E-state index >= 15 is 0 Å². The second-order valence-electron chi connectivity index (χ2n) is 4.17. The molecule has 0 radical (unpaired) electrons. The number of rotatable bonds is 3. The first-order valence-electron chi connectivity index (χ1n) is 4.83. The van der Waals surface area contributed by atoms with E-state index in [0.29, 0.717) is 4.47 Å². The van der Waals surface area contributed by atoms with Gasteiger partial charge in [0.25, 0.3) is 5.91 Å². The molecule has 0 saturated heterocycles. The number of hydrogen-bond acceptors (Lipinski definition) is 2. The Hall–Kier alpha value is -0.940. The first-order valence-corrected chi connectivity index (χ1v) is 5.62. The Morgan fingerprint density at radius 3 is 2.69 bits per heavy atom. The SMILES string of the molecule is CC(C)(CN)NC(=O)c1ccc(Br)cc1F. The van der Waals surface area contributed by atoms with Crippen LogP contribution in [0.1, 0.15) is 24.2 Å². The molecule has 0 saturated carbocycles. The van der Waals surface area contributed by atoms with Crippen LogP contribution in [0.5, 0.6) is 0 Å². The number of carbonyl (C=O) groups excluding carboxylic acids is 1. The lowest BCUT2D eigenvalue weighted by atomic mass is 10.1. The molecule has 0 aromatic heterocycles. The Balaban J connectivity index is 2.89. The molecule has 3 nitrogen and oxygen atoms in total. The molecule has 0 atom stereocenters. The van der Waals surface area contributed by atoms with Crippen molar-refractivity contribution >= 4 is 21.8 Å². The van der Waals surface area contributed by atoms with E-state index in [4.69, 9.17) is 5.73 Å². The zero-order valence-corrected chi connectivity index (χ0v) is 10.8. The van der Waals surface area contributed by atoms with Gasteiger partial charge < -0.3 is 11.1 Å². The van der Waals surface area contributed by atoms with Crippen molar-refractivity contribution in [1.82, 2.24) is 5.32 Å². The second-order valence-corrected chi connectivity index (χ2v) is 5.08. The lowest BCUT2D eigenvalue weighted by Crippen LogP contribution is -2.49. The van der Waals surface area contributed by atoms with Crippen molar-refractivity contribution in [3.8, 4) is 0 Å². The highest BCUT2D eigenvalue weighted by molar-refractivity contribution is 9.10. The fourth-order valence-electron chi connectivity index (χ4n) is 1.10. The van der Waals surface area contributed by atoms with Gasteiger partial charge in [0.15, 0.2) is 0 Å². The molecule has 3 N–H and O–H groups in total. The first kappa shape index (κ1) is 13.1. The van der Waals surface area contributed by atoms with Crippen LogP contribution in [0, 0.1) is 5.82 Å². The van der Waals surface area contributed by atoms with Gasteiger partial charge in [0.05, 0.1) is 5.56 Å². The third kappa shape index (κ3) is 3.28. The molecule has 1 amide bonds. The van der Waals surface area contributed by atoms with Gasteiger partial charge in [0, 0.05) is 16.6 Å². The number of benzene rings is 1. The number of nitrogens with one attached hydrogen (secondary N) is 1. The molecule has 16 heavy (non-hydrogen) atoms. The number of carbonyl (C=O) groups is 1. The van der Waals surface area contributed by atoms with Gasteiger partial charge in [-0.05, 0) is 32.0 Å². The molecular formula is C11H14BrFN2O. The van der Waals surface area contributed by atoms with Gasteiger partial charge in [-0.15, -0.1) is 0 Å². The van der Waals surface area contributed by atoms with Gasteiger partial charge in [-0.2, -0.15) is 0 Å². The average molecular weight is 289 g/mol. The Morgan fingerprint density at radius 1 is 1.56 bits per heavy atom. The van der Waals surface area contributed by atoms with Crippen LogP contribution >= 0.6 is 15.9 Å². The van der Waals surface area contributed by atoms with Crippen molar-refractivity contribution in [2.75, 3.05) is 6.54 Å². The maximum absolute atomic E-state index is 13.5. The smallest absolute Gasteiger partial charge is 0.254 e. The molecule has 0 aliphatic rings. The molecule has 0 aliphatic carbocycles. The van der Waals surface area contributed by atoms with Gasteiger partial charge >= 0.3 is 0 Å². The van der Waals surface area contributed by atoms with Gasteiger partial charge in [-0.3, -0.25) is 4.79 Å². The first-order chi connectivity index (χ1) is 7.35. The van der Waals surface area contributed by atoms with Crippen molar-refractivity contribution in [3.63, 3.8) is 0 Å². The predicted octanol–water partition coefficient (Wildman–Crippen LogP) is 2.06. The topological polar surface area (TPSA) is 55.1 Å². The van der Waals surface area contributed by atoms with E-state index in [1.807, 2.05) is 0 Å². The van der Waals surface area contributed by atoms with E-state index in [1.54, 1.807) is 19.9 Å². The Kier molecular flexibility index (Phi) is 4.04. The van der Waals surface area contributed by atoms with Crippen LogP contribution in [0.25, 0.3) is 0 Å². The number of nitrogens with two attached hydrogens (primary N) is 1. The van der Waals surface area contributed by atoms with E-state index in [0.717, 1.165) is 0 Å². The van der Waals surface area contributed by atoms with Crippen molar-refractivity contribution in [1.29, 1.82) is 0 Å². The minimum atomic E-state index is -0.556. The van der Waals surface area contributed by atoms with E-state index in [-0.39, 0.29) is 12.1 Å². The zero-order chi connectivity index (χ0) is 12.3. The molecule has 1 aromatic carbocycles. The highest BCUT2D eigenvalue weighted by Crippen LogP contribution is 2.15. The summed E-state index contributed by atoms with van der Waals surface area (Å²) in [7, 11) is 0. The molecule has 0 bridgehead atoms. The third-order valence-corrected chi connectivity index (χ3v) is 2.63. The number of halogens is 2. The normalized spacial score (nSPS) is 11.3. The Bertz CT molecular complexity index is 407. The molecule has 5 heteroatoms. The van der Waals surface area contributed by atoms with Crippen LogP contribution in [0.2, 0.25) is 0 Å². The summed E-state index contributed by atoms with van der Waals surface area (Å²) in [5.41, 5.74) is 4.95. The van der Waals surface area contributed by atoms with Crippen LogP contribution in [-0.4, -0.2) is 18.0 Å². The van der Waals surface area contributed by atoms with Crippen molar-refractivity contribution < 1.29 is 9.18 Å². The second kappa shape index (κ2) is 4.93. The number of amides is 1. The Morgan fingerprint density at radius 2 is 2.19 bits per heavy atom. The van der Waals surface area contributed by atoms with Crippen LogP contribution in [0.15, 0.2) is 22.7 Å². The van der Waals surface area contributed by atoms with Crippen LogP contribution in [0.3, 0.4) is 0 Å². The van der Waals surface area contributed by atoms with Crippen molar-refractivity contribution in [2.45, 2.75) is 19.4 Å². The highest BCUT2D eigenvalue weighted by atomic mass is 79.9. The summed E-state index contributed by atoms with van der Waals surface area (Å²) in [6.07, 6.45) is 0. The molecule has 0 unspecified atom stereocenters. The molecule has 0 fully saturated rings.